The Morgan fingerprint density at radius 3 is 2.53 bits per heavy atom. The van der Waals surface area contributed by atoms with Gasteiger partial charge < -0.3 is 14.8 Å². The van der Waals surface area contributed by atoms with E-state index in [9.17, 15) is 14.4 Å². The average Bonchev–Trinajstić information content (AvgIpc) is 2.86. The van der Waals surface area contributed by atoms with Gasteiger partial charge in [0.2, 0.25) is 5.91 Å². The second kappa shape index (κ2) is 10.6. The molecule has 4 rings (SSSR count). The van der Waals surface area contributed by atoms with Gasteiger partial charge in [0.1, 0.15) is 29.5 Å². The number of nitrogens with zero attached hydrogens (tertiary/aromatic N) is 1. The van der Waals surface area contributed by atoms with E-state index in [1.54, 1.807) is 19.2 Å². The van der Waals surface area contributed by atoms with Crippen LogP contribution in [0.2, 0.25) is 0 Å². The Kier molecular flexibility index (Phi) is 7.37. The second-order valence-corrected chi connectivity index (χ2v) is 9.02. The van der Waals surface area contributed by atoms with Gasteiger partial charge >= 0.3 is 5.97 Å². The Labute approximate surface area is 202 Å². The maximum absolute atomic E-state index is 13.1. The summed E-state index contributed by atoms with van der Waals surface area (Å²) in [6, 6.07) is 15.9. The molecule has 2 amide bonds. The Morgan fingerprint density at radius 2 is 1.85 bits per heavy atom. The summed E-state index contributed by atoms with van der Waals surface area (Å²) >= 11 is 1.52. The zero-order chi connectivity index (χ0) is 24.1. The number of hydrogen-bond donors (Lipinski definition) is 1. The van der Waals surface area contributed by atoms with Crippen molar-refractivity contribution in [2.24, 2.45) is 0 Å². The molecule has 0 radical (unpaired) electrons. The van der Waals surface area contributed by atoms with Crippen LogP contribution in [0, 0.1) is 0 Å². The number of methoxy groups -OCH3 is 1. The molecule has 1 fully saturated rings. The quantitative estimate of drug-likeness (QED) is 0.463. The van der Waals surface area contributed by atoms with Crippen LogP contribution < -0.4 is 10.1 Å². The monoisotopic (exact) mass is 478 g/mol. The van der Waals surface area contributed by atoms with Gasteiger partial charge in [0.25, 0.3) is 5.91 Å². The highest BCUT2D eigenvalue weighted by molar-refractivity contribution is 8.00. The molecule has 0 spiro atoms. The number of rotatable bonds is 8. The van der Waals surface area contributed by atoms with Crippen LogP contribution in [0.25, 0.3) is 0 Å². The molecule has 1 N–H and O–H groups in total. The second-order valence-electron chi connectivity index (χ2n) is 7.92. The Balaban J connectivity index is 1.44. The molecule has 2 unspecified atom stereocenters. The smallest absolute Gasteiger partial charge is 0.355 e. The van der Waals surface area contributed by atoms with Gasteiger partial charge in [0, 0.05) is 5.75 Å². The van der Waals surface area contributed by atoms with E-state index < -0.39 is 12.0 Å². The molecule has 1 saturated heterocycles. The van der Waals surface area contributed by atoms with E-state index in [1.165, 1.54) is 16.7 Å². The van der Waals surface area contributed by atoms with E-state index >= 15 is 0 Å². The number of carbonyl (C=O) groups is 3. The first-order valence-electron chi connectivity index (χ1n) is 11.0. The van der Waals surface area contributed by atoms with Gasteiger partial charge in [-0.15, -0.1) is 11.8 Å². The van der Waals surface area contributed by atoms with Gasteiger partial charge in [-0.25, -0.2) is 4.79 Å². The van der Waals surface area contributed by atoms with E-state index in [0.717, 1.165) is 16.7 Å². The summed E-state index contributed by atoms with van der Waals surface area (Å²) in [4.78, 5) is 40.0. The molecule has 2 aromatic rings. The summed E-state index contributed by atoms with van der Waals surface area (Å²) in [7, 11) is 1.59. The largest absolute Gasteiger partial charge is 0.497 e. The zero-order valence-electron chi connectivity index (χ0n) is 19.0. The minimum absolute atomic E-state index is 0.0759. The van der Waals surface area contributed by atoms with Gasteiger partial charge in [0.15, 0.2) is 0 Å². The van der Waals surface area contributed by atoms with Crippen LogP contribution in [-0.2, 0) is 32.1 Å². The molecule has 2 aromatic carbocycles. The highest BCUT2D eigenvalue weighted by Crippen LogP contribution is 2.41. The molecule has 0 saturated carbocycles. The third-order valence-electron chi connectivity index (χ3n) is 5.61. The average molecular weight is 479 g/mol. The van der Waals surface area contributed by atoms with Crippen LogP contribution in [0.4, 0.5) is 0 Å². The summed E-state index contributed by atoms with van der Waals surface area (Å²) in [5.74, 6) is 0.161. The van der Waals surface area contributed by atoms with E-state index in [-0.39, 0.29) is 35.9 Å². The normalized spacial score (nSPS) is 19.5. The SMILES string of the molecule is C/C=C\C1=C(C(=O)OCc2ccc(OC)cc2)N2C(=O)C(NC(=O)Cc3ccccc3)C2SC1. The molecule has 7 nitrogen and oxygen atoms in total. The third kappa shape index (κ3) is 5.02. The number of hydrogen-bond acceptors (Lipinski definition) is 6. The summed E-state index contributed by atoms with van der Waals surface area (Å²) < 4.78 is 10.7. The van der Waals surface area contributed by atoms with Gasteiger partial charge in [-0.1, -0.05) is 54.6 Å². The molecular formula is C26H26N2O5S. The fourth-order valence-electron chi connectivity index (χ4n) is 3.91. The topological polar surface area (TPSA) is 84.9 Å². The molecule has 0 bridgehead atoms. The molecule has 0 aromatic heterocycles. The van der Waals surface area contributed by atoms with E-state index in [1.807, 2.05) is 61.5 Å². The standard InChI is InChI=1S/C26H26N2O5S/c1-3-7-19-16-34-25-22(27-21(29)14-17-8-5-4-6-9-17)24(30)28(25)23(19)26(31)33-15-18-10-12-20(32-2)13-11-18/h3-13,22,25H,14-16H2,1-2H3,(H,27,29)/b7-3-. The van der Waals surface area contributed by atoms with Crippen LogP contribution in [0.3, 0.4) is 0 Å². The van der Waals surface area contributed by atoms with Crippen molar-refractivity contribution in [3.05, 3.63) is 89.1 Å². The molecule has 2 aliphatic rings. The molecule has 2 heterocycles. The van der Waals surface area contributed by atoms with Crippen molar-refractivity contribution in [3.63, 3.8) is 0 Å². The van der Waals surface area contributed by atoms with Crippen LogP contribution in [0.15, 0.2) is 78.0 Å². The number of carbonyl (C=O) groups excluding carboxylic acids is 3. The summed E-state index contributed by atoms with van der Waals surface area (Å²) in [6.07, 6.45) is 3.84. The molecule has 8 heteroatoms. The molecule has 34 heavy (non-hydrogen) atoms. The van der Waals surface area contributed by atoms with Crippen molar-refractivity contribution in [1.82, 2.24) is 10.2 Å². The number of esters is 1. The number of amides is 2. The van der Waals surface area contributed by atoms with Crippen molar-refractivity contribution in [2.75, 3.05) is 12.9 Å². The lowest BCUT2D eigenvalue weighted by molar-refractivity contribution is -0.153. The maximum atomic E-state index is 13.1. The summed E-state index contributed by atoms with van der Waals surface area (Å²) in [6.45, 7) is 1.93. The predicted octanol–water partition coefficient (Wildman–Crippen LogP) is 3.21. The van der Waals surface area contributed by atoms with Crippen molar-refractivity contribution < 1.29 is 23.9 Å². The van der Waals surface area contributed by atoms with Crippen LogP contribution in [0.1, 0.15) is 18.1 Å². The van der Waals surface area contributed by atoms with Crippen LogP contribution in [-0.4, -0.2) is 47.0 Å². The third-order valence-corrected chi connectivity index (χ3v) is 6.91. The minimum atomic E-state index is -0.669. The first-order chi connectivity index (χ1) is 16.5. The first-order valence-corrected chi connectivity index (χ1v) is 12.0. The maximum Gasteiger partial charge on any atom is 0.355 e. The highest BCUT2D eigenvalue weighted by Gasteiger charge is 2.54. The van der Waals surface area contributed by atoms with E-state index in [0.29, 0.717) is 11.5 Å². The fourth-order valence-corrected chi connectivity index (χ4v) is 5.22. The lowest BCUT2D eigenvalue weighted by Crippen LogP contribution is -2.70. The fraction of sp³-hybridized carbons (Fsp3) is 0.269. The van der Waals surface area contributed by atoms with Gasteiger partial charge in [0.05, 0.1) is 13.5 Å². The number of thioether (sulfide) groups is 1. The van der Waals surface area contributed by atoms with Gasteiger partial charge in [-0.3, -0.25) is 14.5 Å². The summed E-state index contributed by atoms with van der Waals surface area (Å²) in [5.41, 5.74) is 2.66. The Bertz CT molecular complexity index is 1130. The van der Waals surface area contributed by atoms with Crippen molar-refractivity contribution in [3.8, 4) is 5.75 Å². The summed E-state index contributed by atoms with van der Waals surface area (Å²) in [5, 5.41) is 2.49. The number of ether oxygens (including phenoxy) is 2. The number of benzene rings is 2. The van der Waals surface area contributed by atoms with Crippen molar-refractivity contribution in [2.45, 2.75) is 31.4 Å². The predicted molar refractivity (Wildman–Crippen MR) is 130 cm³/mol. The lowest BCUT2D eigenvalue weighted by atomic mass is 10.0. The minimum Gasteiger partial charge on any atom is -0.497 e. The van der Waals surface area contributed by atoms with Crippen LogP contribution in [0.5, 0.6) is 5.75 Å². The molecule has 176 valence electrons. The Hall–Kier alpha value is -3.52. The number of nitrogens with one attached hydrogen (secondary N) is 1. The number of β-lactam (4-membered cyclic amide) rings is 1. The van der Waals surface area contributed by atoms with Gasteiger partial charge in [-0.2, -0.15) is 0 Å². The molecule has 2 atom stereocenters. The Morgan fingerprint density at radius 1 is 1.12 bits per heavy atom. The molecular weight excluding hydrogens is 452 g/mol. The lowest BCUT2D eigenvalue weighted by Gasteiger charge is -2.49. The molecule has 0 aliphatic carbocycles. The first kappa shape index (κ1) is 23.6. The molecule has 2 aliphatic heterocycles. The van der Waals surface area contributed by atoms with Crippen molar-refractivity contribution in [1.29, 1.82) is 0 Å². The zero-order valence-corrected chi connectivity index (χ0v) is 19.8. The van der Waals surface area contributed by atoms with Gasteiger partial charge in [-0.05, 0) is 35.8 Å². The number of fused-ring (bicyclic) bond motifs is 1. The van der Waals surface area contributed by atoms with Crippen LogP contribution >= 0.6 is 11.8 Å². The van der Waals surface area contributed by atoms with E-state index in [2.05, 4.69) is 5.32 Å². The number of allylic oxidation sites excluding steroid dienone is 2. The van der Waals surface area contributed by atoms with E-state index in [4.69, 9.17) is 9.47 Å². The van der Waals surface area contributed by atoms with Crippen molar-refractivity contribution >= 4 is 29.5 Å². The highest BCUT2D eigenvalue weighted by atomic mass is 32.2.